The van der Waals surface area contributed by atoms with Gasteiger partial charge in [-0.05, 0) is 37.1 Å². The summed E-state index contributed by atoms with van der Waals surface area (Å²) in [6.07, 6.45) is 2.63. The summed E-state index contributed by atoms with van der Waals surface area (Å²) >= 11 is 0. The quantitative estimate of drug-likeness (QED) is 0.792. The smallest absolute Gasteiger partial charge is 0.0704 e. The lowest BCUT2D eigenvalue weighted by Crippen LogP contribution is -2.17. The molecule has 0 bridgehead atoms. The molecule has 1 atom stereocenters. The molecule has 2 aromatic heterocycles. The molecule has 0 aliphatic rings. The molecule has 0 spiro atoms. The molecule has 0 fully saturated rings. The molecule has 0 radical (unpaired) electrons. The number of pyridine rings is 1. The predicted molar refractivity (Wildman–Crippen MR) is 80.3 cm³/mol. The zero-order chi connectivity index (χ0) is 14.1. The van der Waals surface area contributed by atoms with E-state index in [9.17, 15) is 0 Å². The topological polar surface area (TPSA) is 56.7 Å². The number of rotatable bonds is 3. The van der Waals surface area contributed by atoms with Crippen molar-refractivity contribution < 1.29 is 0 Å². The minimum Gasteiger partial charge on any atom is -0.322 e. The molecule has 20 heavy (non-hydrogen) atoms. The molecular formula is C16H18N4. The van der Waals surface area contributed by atoms with Crippen molar-refractivity contribution in [3.63, 3.8) is 0 Å². The van der Waals surface area contributed by atoms with Crippen molar-refractivity contribution in [2.75, 3.05) is 0 Å². The number of nitrogens with zero attached hydrogens (tertiary/aromatic N) is 3. The summed E-state index contributed by atoms with van der Waals surface area (Å²) in [5.41, 5.74) is 10.6. The Morgan fingerprint density at radius 2 is 2.05 bits per heavy atom. The molecule has 0 aliphatic carbocycles. The number of nitrogens with two attached hydrogens (primary N) is 1. The summed E-state index contributed by atoms with van der Waals surface area (Å²) in [4.78, 5) is 4.39. The second kappa shape index (κ2) is 5.06. The Labute approximate surface area is 118 Å². The molecule has 4 nitrogen and oxygen atoms in total. The van der Waals surface area contributed by atoms with Crippen molar-refractivity contribution in [2.24, 2.45) is 12.8 Å². The van der Waals surface area contributed by atoms with Gasteiger partial charge in [-0.1, -0.05) is 18.2 Å². The lowest BCUT2D eigenvalue weighted by atomic mass is 10.0. The summed E-state index contributed by atoms with van der Waals surface area (Å²) in [5, 5.41) is 5.53. The summed E-state index contributed by atoms with van der Waals surface area (Å²) in [6.45, 7) is 1.98. The van der Waals surface area contributed by atoms with Gasteiger partial charge in [0, 0.05) is 18.6 Å². The van der Waals surface area contributed by atoms with E-state index in [2.05, 4.69) is 16.1 Å². The molecular weight excluding hydrogens is 248 g/mol. The van der Waals surface area contributed by atoms with E-state index >= 15 is 0 Å². The predicted octanol–water partition coefficient (Wildman–Crippen LogP) is 2.52. The third kappa shape index (κ3) is 2.30. The van der Waals surface area contributed by atoms with Gasteiger partial charge in [0.25, 0.3) is 0 Å². The Morgan fingerprint density at radius 1 is 1.25 bits per heavy atom. The summed E-state index contributed by atoms with van der Waals surface area (Å²) in [7, 11) is 1.94. The first-order valence-corrected chi connectivity index (χ1v) is 6.74. The first-order chi connectivity index (χ1) is 9.65. The number of hydrogen-bond acceptors (Lipinski definition) is 3. The Hall–Kier alpha value is -2.20. The van der Waals surface area contributed by atoms with Gasteiger partial charge in [0.2, 0.25) is 0 Å². The molecule has 102 valence electrons. The highest BCUT2D eigenvalue weighted by molar-refractivity contribution is 5.81. The molecule has 1 unspecified atom stereocenters. The van der Waals surface area contributed by atoms with Crippen molar-refractivity contribution >= 4 is 10.9 Å². The van der Waals surface area contributed by atoms with Crippen molar-refractivity contribution in [1.29, 1.82) is 0 Å². The standard InChI is InChI=1S/C16H18N4/c1-11-9-16(20(2)19-11)14(17)10-12-7-8-18-15-6-4-3-5-13(12)15/h3-9,14H,10,17H2,1-2H3. The molecule has 2 N–H and O–H groups in total. The number of aromatic nitrogens is 3. The molecule has 3 rings (SSSR count). The fourth-order valence-electron chi connectivity index (χ4n) is 2.65. The lowest BCUT2D eigenvalue weighted by Gasteiger charge is -2.13. The first-order valence-electron chi connectivity index (χ1n) is 6.74. The van der Waals surface area contributed by atoms with Gasteiger partial charge in [0.15, 0.2) is 0 Å². The molecule has 2 heterocycles. The third-order valence-electron chi connectivity index (χ3n) is 3.60. The monoisotopic (exact) mass is 266 g/mol. The highest BCUT2D eigenvalue weighted by Crippen LogP contribution is 2.22. The Balaban J connectivity index is 1.95. The van der Waals surface area contributed by atoms with Crippen molar-refractivity contribution in [1.82, 2.24) is 14.8 Å². The maximum atomic E-state index is 6.35. The van der Waals surface area contributed by atoms with Crippen LogP contribution in [0.2, 0.25) is 0 Å². The minimum atomic E-state index is -0.0630. The second-order valence-corrected chi connectivity index (χ2v) is 5.13. The van der Waals surface area contributed by atoms with E-state index in [1.807, 2.05) is 55.2 Å². The summed E-state index contributed by atoms with van der Waals surface area (Å²) in [6, 6.07) is 12.2. The van der Waals surface area contributed by atoms with Gasteiger partial charge in [-0.3, -0.25) is 9.67 Å². The normalized spacial score (nSPS) is 12.8. The largest absolute Gasteiger partial charge is 0.322 e. The van der Waals surface area contributed by atoms with Gasteiger partial charge in [0.05, 0.1) is 22.9 Å². The van der Waals surface area contributed by atoms with E-state index in [0.29, 0.717) is 0 Å². The van der Waals surface area contributed by atoms with Gasteiger partial charge >= 0.3 is 0 Å². The van der Waals surface area contributed by atoms with Gasteiger partial charge < -0.3 is 5.73 Å². The van der Waals surface area contributed by atoms with Gasteiger partial charge in [0.1, 0.15) is 0 Å². The van der Waals surface area contributed by atoms with Crippen LogP contribution in [0.1, 0.15) is 23.0 Å². The number of aryl methyl sites for hydroxylation is 2. The van der Waals surface area contributed by atoms with Crippen LogP contribution in [-0.2, 0) is 13.5 Å². The minimum absolute atomic E-state index is 0.0630. The fourth-order valence-corrected chi connectivity index (χ4v) is 2.65. The van der Waals surface area contributed by atoms with Crippen molar-refractivity contribution in [2.45, 2.75) is 19.4 Å². The first kappa shape index (κ1) is 12.8. The molecule has 0 aliphatic heterocycles. The van der Waals surface area contributed by atoms with Gasteiger partial charge in [-0.2, -0.15) is 5.10 Å². The fraction of sp³-hybridized carbons (Fsp3) is 0.250. The third-order valence-corrected chi connectivity index (χ3v) is 3.60. The summed E-state index contributed by atoms with van der Waals surface area (Å²) in [5.74, 6) is 0. The number of benzene rings is 1. The molecule has 0 saturated carbocycles. The van der Waals surface area contributed by atoms with E-state index in [1.165, 1.54) is 10.9 Å². The number of para-hydroxylation sites is 1. The maximum Gasteiger partial charge on any atom is 0.0704 e. The highest BCUT2D eigenvalue weighted by Gasteiger charge is 2.13. The Bertz CT molecular complexity index is 740. The SMILES string of the molecule is Cc1cc(C(N)Cc2ccnc3ccccc23)n(C)n1. The molecule has 0 amide bonds. The van der Waals surface area contributed by atoms with E-state index in [-0.39, 0.29) is 6.04 Å². The van der Waals surface area contributed by atoms with Crippen LogP contribution in [0, 0.1) is 6.92 Å². The van der Waals surface area contributed by atoms with Gasteiger partial charge in [-0.15, -0.1) is 0 Å². The average molecular weight is 266 g/mol. The Morgan fingerprint density at radius 3 is 2.80 bits per heavy atom. The van der Waals surface area contributed by atoms with Crippen LogP contribution in [0.3, 0.4) is 0 Å². The van der Waals surface area contributed by atoms with Crippen LogP contribution in [0.5, 0.6) is 0 Å². The molecule has 4 heteroatoms. The van der Waals surface area contributed by atoms with Gasteiger partial charge in [-0.25, -0.2) is 0 Å². The lowest BCUT2D eigenvalue weighted by molar-refractivity contribution is 0.616. The van der Waals surface area contributed by atoms with E-state index in [4.69, 9.17) is 5.73 Å². The zero-order valence-corrected chi connectivity index (χ0v) is 11.7. The van der Waals surface area contributed by atoms with Crippen LogP contribution >= 0.6 is 0 Å². The van der Waals surface area contributed by atoms with E-state index < -0.39 is 0 Å². The zero-order valence-electron chi connectivity index (χ0n) is 11.7. The average Bonchev–Trinajstić information content (AvgIpc) is 2.78. The molecule has 3 aromatic rings. The summed E-state index contributed by atoms with van der Waals surface area (Å²) < 4.78 is 1.86. The van der Waals surface area contributed by atoms with Crippen LogP contribution < -0.4 is 5.73 Å². The Kier molecular flexibility index (Phi) is 3.24. The van der Waals surface area contributed by atoms with Crippen LogP contribution in [0.4, 0.5) is 0 Å². The van der Waals surface area contributed by atoms with Crippen molar-refractivity contribution in [3.05, 3.63) is 59.5 Å². The van der Waals surface area contributed by atoms with Crippen LogP contribution in [0.25, 0.3) is 10.9 Å². The van der Waals surface area contributed by atoms with E-state index in [1.54, 1.807) is 0 Å². The maximum absolute atomic E-state index is 6.35. The van der Waals surface area contributed by atoms with Crippen molar-refractivity contribution in [3.8, 4) is 0 Å². The van der Waals surface area contributed by atoms with E-state index in [0.717, 1.165) is 23.3 Å². The second-order valence-electron chi connectivity index (χ2n) is 5.13. The van der Waals surface area contributed by atoms with Crippen LogP contribution in [-0.4, -0.2) is 14.8 Å². The molecule has 0 saturated heterocycles. The highest BCUT2D eigenvalue weighted by atomic mass is 15.3. The number of hydrogen-bond donors (Lipinski definition) is 1. The molecule has 1 aromatic carbocycles. The van der Waals surface area contributed by atoms with Crippen LogP contribution in [0.15, 0.2) is 42.6 Å². The number of fused-ring (bicyclic) bond motifs is 1.